The summed E-state index contributed by atoms with van der Waals surface area (Å²) in [5, 5.41) is 0. The van der Waals surface area contributed by atoms with E-state index in [0.717, 1.165) is 22.4 Å². The van der Waals surface area contributed by atoms with Gasteiger partial charge in [-0.25, -0.2) is 0 Å². The summed E-state index contributed by atoms with van der Waals surface area (Å²) in [6.45, 7) is 2.13. The molecule has 0 spiro atoms. The van der Waals surface area contributed by atoms with Crippen LogP contribution in [0, 0.1) is 0 Å². The first kappa shape index (κ1) is 17.8. The summed E-state index contributed by atoms with van der Waals surface area (Å²) in [7, 11) is 3.23. The maximum absolute atomic E-state index is 11.6. The Morgan fingerprint density at radius 1 is 1.12 bits per heavy atom. The van der Waals surface area contributed by atoms with Crippen molar-refractivity contribution in [2.24, 2.45) is 5.73 Å². The van der Waals surface area contributed by atoms with E-state index >= 15 is 0 Å². The van der Waals surface area contributed by atoms with Crippen LogP contribution in [0.5, 0.6) is 11.5 Å². The molecule has 1 atom stereocenters. The Balaban J connectivity index is 2.29. The van der Waals surface area contributed by atoms with Gasteiger partial charge in [-0.05, 0) is 36.2 Å². The average molecular weight is 329 g/mol. The van der Waals surface area contributed by atoms with Crippen LogP contribution in [0.4, 0.5) is 0 Å². The van der Waals surface area contributed by atoms with E-state index in [9.17, 15) is 4.79 Å². The van der Waals surface area contributed by atoms with Gasteiger partial charge in [-0.3, -0.25) is 4.79 Å². The van der Waals surface area contributed by atoms with Gasteiger partial charge in [-0.15, -0.1) is 0 Å². The van der Waals surface area contributed by atoms with Crippen LogP contribution in [0.2, 0.25) is 0 Å². The molecular weight excluding hydrogens is 306 g/mol. The van der Waals surface area contributed by atoms with Crippen LogP contribution in [0.15, 0.2) is 42.5 Å². The van der Waals surface area contributed by atoms with Crippen LogP contribution in [0.25, 0.3) is 11.1 Å². The van der Waals surface area contributed by atoms with Gasteiger partial charge >= 0.3 is 5.97 Å². The summed E-state index contributed by atoms with van der Waals surface area (Å²) in [5.74, 6) is 1.15. The van der Waals surface area contributed by atoms with E-state index in [4.69, 9.17) is 19.9 Å². The molecule has 0 aliphatic rings. The van der Waals surface area contributed by atoms with E-state index in [2.05, 4.69) is 0 Å². The van der Waals surface area contributed by atoms with E-state index in [1.165, 1.54) is 0 Å². The van der Waals surface area contributed by atoms with Crippen LogP contribution >= 0.6 is 0 Å². The first-order valence-corrected chi connectivity index (χ1v) is 7.82. The Morgan fingerprint density at radius 2 is 1.92 bits per heavy atom. The number of hydrogen-bond acceptors (Lipinski definition) is 5. The minimum Gasteiger partial charge on any atom is -0.497 e. The molecule has 128 valence electrons. The minimum absolute atomic E-state index is 0.150. The molecule has 24 heavy (non-hydrogen) atoms. The minimum atomic E-state index is -0.409. The first-order chi connectivity index (χ1) is 11.6. The van der Waals surface area contributed by atoms with Crippen LogP contribution in [0.3, 0.4) is 0 Å². The second-order valence-electron chi connectivity index (χ2n) is 5.31. The zero-order chi connectivity index (χ0) is 17.5. The number of hydrogen-bond donors (Lipinski definition) is 1. The lowest BCUT2D eigenvalue weighted by atomic mass is 9.97. The number of nitrogens with two attached hydrogens (primary N) is 1. The highest BCUT2D eigenvalue weighted by atomic mass is 16.5. The normalized spacial score (nSPS) is 11.7. The Labute approximate surface area is 142 Å². The van der Waals surface area contributed by atoms with Gasteiger partial charge in [0.15, 0.2) is 0 Å². The Hall–Kier alpha value is -2.53. The van der Waals surface area contributed by atoms with Gasteiger partial charge < -0.3 is 19.9 Å². The number of benzene rings is 2. The number of methoxy groups -OCH3 is 2. The Kier molecular flexibility index (Phi) is 6.21. The highest BCUT2D eigenvalue weighted by Gasteiger charge is 2.14. The van der Waals surface area contributed by atoms with Gasteiger partial charge in [0.1, 0.15) is 11.5 Å². The standard InChI is InChI=1S/C19H23NO4/c1-4-24-19(21)12-17(20)14-7-5-6-13(10-14)16-9-8-15(22-2)11-18(16)23-3/h5-11,17H,4,12,20H2,1-3H3/t17-/m0/s1. The monoisotopic (exact) mass is 329 g/mol. The molecular formula is C19H23NO4. The van der Waals surface area contributed by atoms with Crippen molar-refractivity contribution in [1.82, 2.24) is 0 Å². The largest absolute Gasteiger partial charge is 0.497 e. The third-order valence-electron chi connectivity index (χ3n) is 3.73. The molecule has 0 bridgehead atoms. The SMILES string of the molecule is CCOC(=O)C[C@H](N)c1cccc(-c2ccc(OC)cc2OC)c1. The summed E-state index contributed by atoms with van der Waals surface area (Å²) in [6, 6.07) is 13.0. The fourth-order valence-corrected chi connectivity index (χ4v) is 2.49. The molecule has 0 radical (unpaired) electrons. The number of esters is 1. The topological polar surface area (TPSA) is 70.8 Å². The van der Waals surface area contributed by atoms with E-state index in [-0.39, 0.29) is 12.4 Å². The highest BCUT2D eigenvalue weighted by molar-refractivity contribution is 5.73. The molecule has 2 aromatic carbocycles. The van der Waals surface area contributed by atoms with E-state index in [0.29, 0.717) is 12.4 Å². The lowest BCUT2D eigenvalue weighted by molar-refractivity contribution is -0.143. The van der Waals surface area contributed by atoms with Crippen LogP contribution in [0.1, 0.15) is 24.9 Å². The van der Waals surface area contributed by atoms with Crippen molar-refractivity contribution < 1.29 is 19.0 Å². The highest BCUT2D eigenvalue weighted by Crippen LogP contribution is 2.34. The molecule has 0 heterocycles. The van der Waals surface area contributed by atoms with Crippen LogP contribution < -0.4 is 15.2 Å². The van der Waals surface area contributed by atoms with Gasteiger partial charge in [0.2, 0.25) is 0 Å². The Morgan fingerprint density at radius 3 is 2.58 bits per heavy atom. The van der Waals surface area contributed by atoms with Gasteiger partial charge in [0, 0.05) is 17.7 Å². The van der Waals surface area contributed by atoms with Crippen molar-refractivity contribution in [2.45, 2.75) is 19.4 Å². The number of carbonyl (C=O) groups excluding carboxylic acids is 1. The van der Waals surface area contributed by atoms with Gasteiger partial charge in [-0.1, -0.05) is 18.2 Å². The summed E-state index contributed by atoms with van der Waals surface area (Å²) in [5.41, 5.74) is 8.91. The van der Waals surface area contributed by atoms with Crippen molar-refractivity contribution >= 4 is 5.97 Å². The molecule has 2 aromatic rings. The second kappa shape index (κ2) is 8.36. The summed E-state index contributed by atoms with van der Waals surface area (Å²) in [4.78, 5) is 11.6. The molecule has 2 rings (SSSR count). The second-order valence-corrected chi connectivity index (χ2v) is 5.31. The van der Waals surface area contributed by atoms with Crippen molar-refractivity contribution in [3.8, 4) is 22.6 Å². The quantitative estimate of drug-likeness (QED) is 0.789. The van der Waals surface area contributed by atoms with E-state index in [1.807, 2.05) is 42.5 Å². The zero-order valence-electron chi connectivity index (χ0n) is 14.2. The van der Waals surface area contributed by atoms with Crippen molar-refractivity contribution in [2.75, 3.05) is 20.8 Å². The first-order valence-electron chi connectivity index (χ1n) is 7.82. The fraction of sp³-hybridized carbons (Fsp3) is 0.316. The van der Waals surface area contributed by atoms with Gasteiger partial charge in [0.25, 0.3) is 0 Å². The van der Waals surface area contributed by atoms with E-state index < -0.39 is 6.04 Å². The summed E-state index contributed by atoms with van der Waals surface area (Å²) < 4.78 is 15.6. The number of rotatable bonds is 7. The maximum Gasteiger partial charge on any atom is 0.307 e. The van der Waals surface area contributed by atoms with Gasteiger partial charge in [-0.2, -0.15) is 0 Å². The van der Waals surface area contributed by atoms with Gasteiger partial charge in [0.05, 0.1) is 27.2 Å². The molecule has 0 saturated heterocycles. The fourth-order valence-electron chi connectivity index (χ4n) is 2.49. The van der Waals surface area contributed by atoms with Crippen molar-refractivity contribution in [3.63, 3.8) is 0 Å². The predicted molar refractivity (Wildman–Crippen MR) is 93.2 cm³/mol. The molecule has 0 fully saturated rings. The lowest BCUT2D eigenvalue weighted by Gasteiger charge is -2.14. The summed E-state index contributed by atoms with van der Waals surface area (Å²) in [6.07, 6.45) is 0.150. The van der Waals surface area contributed by atoms with Crippen LogP contribution in [-0.2, 0) is 9.53 Å². The Bertz CT molecular complexity index is 700. The zero-order valence-corrected chi connectivity index (χ0v) is 14.2. The average Bonchev–Trinajstić information content (AvgIpc) is 2.61. The third-order valence-corrected chi connectivity index (χ3v) is 3.73. The smallest absolute Gasteiger partial charge is 0.307 e. The molecule has 0 aliphatic heterocycles. The molecule has 0 aliphatic carbocycles. The molecule has 2 N–H and O–H groups in total. The molecule has 0 amide bonds. The molecule has 0 aromatic heterocycles. The van der Waals surface area contributed by atoms with Crippen molar-refractivity contribution in [1.29, 1.82) is 0 Å². The molecule has 0 unspecified atom stereocenters. The predicted octanol–water partition coefficient (Wildman–Crippen LogP) is 3.32. The number of ether oxygens (including phenoxy) is 3. The number of carbonyl (C=O) groups is 1. The molecule has 5 heteroatoms. The third kappa shape index (κ3) is 4.26. The van der Waals surface area contributed by atoms with Crippen molar-refractivity contribution in [3.05, 3.63) is 48.0 Å². The van der Waals surface area contributed by atoms with Crippen LogP contribution in [-0.4, -0.2) is 26.8 Å². The maximum atomic E-state index is 11.6. The molecule has 0 saturated carbocycles. The van der Waals surface area contributed by atoms with E-state index in [1.54, 1.807) is 21.1 Å². The lowest BCUT2D eigenvalue weighted by Crippen LogP contribution is -2.17. The molecule has 5 nitrogen and oxygen atoms in total. The summed E-state index contributed by atoms with van der Waals surface area (Å²) >= 11 is 0.